The summed E-state index contributed by atoms with van der Waals surface area (Å²) in [6, 6.07) is 53.7. The molecule has 1 N–H and O–H groups in total. The standard InChI is InChI=1S/C50H50N2/c1-36(42-33-43(49(2,3)4)35-44(34-42)50(5,6)7)15-14-20-48(51)41-25-31-47(32-26-41)52(45-27-21-39(22-28-45)37-16-10-8-11-17-37)46-29-23-40(24-30-46)38-18-12-9-13-19-38/h8-35,51H,1-7H3/b20-14-,36-15+,51-48?. The van der Waals surface area contributed by atoms with Crippen LogP contribution in [0.2, 0.25) is 0 Å². The van der Waals surface area contributed by atoms with E-state index in [1.54, 1.807) is 0 Å². The van der Waals surface area contributed by atoms with E-state index in [0.29, 0.717) is 5.71 Å². The summed E-state index contributed by atoms with van der Waals surface area (Å²) in [7, 11) is 0. The van der Waals surface area contributed by atoms with Crippen molar-refractivity contribution in [3.05, 3.63) is 192 Å². The number of benzene rings is 6. The van der Waals surface area contributed by atoms with Gasteiger partial charge in [0.05, 0.1) is 5.71 Å². The van der Waals surface area contributed by atoms with Crippen LogP contribution in [-0.4, -0.2) is 5.71 Å². The Labute approximate surface area is 311 Å². The maximum Gasteiger partial charge on any atom is 0.0612 e. The van der Waals surface area contributed by atoms with Gasteiger partial charge in [0.25, 0.3) is 0 Å². The van der Waals surface area contributed by atoms with E-state index in [2.05, 4.69) is 187 Å². The third-order valence-corrected chi connectivity index (χ3v) is 9.63. The Balaban J connectivity index is 1.26. The Bertz CT molecular complexity index is 2060. The molecule has 2 nitrogen and oxygen atoms in total. The summed E-state index contributed by atoms with van der Waals surface area (Å²) in [5, 5.41) is 8.90. The second-order valence-electron chi connectivity index (χ2n) is 15.6. The number of hydrogen-bond acceptors (Lipinski definition) is 2. The Hall–Kier alpha value is -5.73. The molecule has 0 aliphatic rings. The molecule has 0 amide bonds. The molecule has 52 heavy (non-hydrogen) atoms. The van der Waals surface area contributed by atoms with Crippen molar-refractivity contribution in [2.75, 3.05) is 4.90 Å². The molecule has 2 heteroatoms. The first kappa shape index (κ1) is 36.1. The summed E-state index contributed by atoms with van der Waals surface area (Å²) < 4.78 is 0. The van der Waals surface area contributed by atoms with Crippen LogP contribution in [0.4, 0.5) is 17.1 Å². The van der Waals surface area contributed by atoms with Gasteiger partial charge >= 0.3 is 0 Å². The Morgan fingerprint density at radius 2 is 0.865 bits per heavy atom. The van der Waals surface area contributed by atoms with E-state index in [1.807, 2.05) is 36.4 Å². The fourth-order valence-corrected chi connectivity index (χ4v) is 6.31. The molecule has 0 aliphatic heterocycles. The Morgan fingerprint density at radius 3 is 1.27 bits per heavy atom. The second kappa shape index (κ2) is 15.3. The SMILES string of the molecule is C/C(=C\C=C/C(=N)c1ccc(N(c2ccc(-c3ccccc3)cc2)c2ccc(-c3ccccc3)cc2)cc1)c1cc(C(C)(C)C)cc(C(C)(C)C)c1. The van der Waals surface area contributed by atoms with Gasteiger partial charge in [-0.3, -0.25) is 0 Å². The molecule has 0 saturated carbocycles. The molecule has 0 bridgehead atoms. The van der Waals surface area contributed by atoms with E-state index in [4.69, 9.17) is 5.41 Å². The summed E-state index contributed by atoms with van der Waals surface area (Å²) in [6.07, 6.45) is 6.01. The van der Waals surface area contributed by atoms with E-state index >= 15 is 0 Å². The minimum atomic E-state index is 0.0627. The highest BCUT2D eigenvalue weighted by molar-refractivity contribution is 6.07. The van der Waals surface area contributed by atoms with E-state index in [0.717, 1.165) is 22.6 Å². The third-order valence-electron chi connectivity index (χ3n) is 9.63. The van der Waals surface area contributed by atoms with Gasteiger partial charge in [0, 0.05) is 17.1 Å². The molecular formula is C50H50N2. The quantitative estimate of drug-likeness (QED) is 0.120. The van der Waals surface area contributed by atoms with Crippen molar-refractivity contribution in [2.24, 2.45) is 0 Å². The van der Waals surface area contributed by atoms with Crippen LogP contribution < -0.4 is 4.90 Å². The molecule has 0 spiro atoms. The van der Waals surface area contributed by atoms with E-state index in [-0.39, 0.29) is 10.8 Å². The summed E-state index contributed by atoms with van der Waals surface area (Å²) in [5.41, 5.74) is 14.5. The molecule has 0 heterocycles. The molecule has 0 aromatic heterocycles. The van der Waals surface area contributed by atoms with Gasteiger partial charge < -0.3 is 10.3 Å². The van der Waals surface area contributed by atoms with Crippen LogP contribution in [0.25, 0.3) is 27.8 Å². The average Bonchev–Trinajstić information content (AvgIpc) is 3.15. The lowest BCUT2D eigenvalue weighted by Crippen LogP contribution is -2.16. The van der Waals surface area contributed by atoms with Crippen molar-refractivity contribution in [1.82, 2.24) is 0 Å². The predicted octanol–water partition coefficient (Wildman–Crippen LogP) is 14.1. The van der Waals surface area contributed by atoms with Crippen molar-refractivity contribution in [3.8, 4) is 22.3 Å². The van der Waals surface area contributed by atoms with Crippen LogP contribution >= 0.6 is 0 Å². The van der Waals surface area contributed by atoms with E-state index < -0.39 is 0 Å². The van der Waals surface area contributed by atoms with Crippen molar-refractivity contribution >= 4 is 28.3 Å². The van der Waals surface area contributed by atoms with Crippen LogP contribution in [-0.2, 0) is 10.8 Å². The smallest absolute Gasteiger partial charge is 0.0612 e. The van der Waals surface area contributed by atoms with Gasteiger partial charge in [-0.25, -0.2) is 0 Å². The van der Waals surface area contributed by atoms with Gasteiger partial charge in [-0.2, -0.15) is 0 Å². The number of hydrogen-bond donors (Lipinski definition) is 1. The molecule has 6 rings (SSSR count). The molecule has 0 radical (unpaired) electrons. The average molecular weight is 679 g/mol. The van der Waals surface area contributed by atoms with Crippen molar-refractivity contribution in [2.45, 2.75) is 59.3 Å². The number of anilines is 3. The summed E-state index contributed by atoms with van der Waals surface area (Å²) in [6.45, 7) is 15.8. The Kier molecular flexibility index (Phi) is 10.6. The zero-order valence-electron chi connectivity index (χ0n) is 31.6. The summed E-state index contributed by atoms with van der Waals surface area (Å²) >= 11 is 0. The maximum atomic E-state index is 8.90. The van der Waals surface area contributed by atoms with Crippen molar-refractivity contribution in [3.63, 3.8) is 0 Å². The lowest BCUT2D eigenvalue weighted by molar-refractivity contribution is 0.568. The monoisotopic (exact) mass is 678 g/mol. The van der Waals surface area contributed by atoms with Gasteiger partial charge in [-0.1, -0.05) is 169 Å². The van der Waals surface area contributed by atoms with Gasteiger partial charge in [0.2, 0.25) is 0 Å². The zero-order chi connectivity index (χ0) is 36.9. The van der Waals surface area contributed by atoms with Crippen LogP contribution in [0, 0.1) is 5.41 Å². The number of nitrogens with zero attached hydrogens (tertiary/aromatic N) is 1. The van der Waals surface area contributed by atoms with Crippen LogP contribution in [0.1, 0.15) is 70.7 Å². The lowest BCUT2D eigenvalue weighted by atomic mass is 9.79. The molecule has 0 atom stereocenters. The van der Waals surface area contributed by atoms with E-state index in [1.165, 1.54) is 44.5 Å². The maximum absolute atomic E-state index is 8.90. The van der Waals surface area contributed by atoms with Crippen LogP contribution in [0.15, 0.2) is 170 Å². The molecule has 6 aromatic rings. The fourth-order valence-electron chi connectivity index (χ4n) is 6.31. The Morgan fingerprint density at radius 1 is 0.481 bits per heavy atom. The third kappa shape index (κ3) is 8.58. The highest BCUT2D eigenvalue weighted by atomic mass is 15.1. The molecule has 0 aliphatic carbocycles. The second-order valence-corrected chi connectivity index (χ2v) is 15.6. The lowest BCUT2D eigenvalue weighted by Gasteiger charge is -2.26. The summed E-state index contributed by atoms with van der Waals surface area (Å²) in [5.74, 6) is 0. The molecular weight excluding hydrogens is 629 g/mol. The fraction of sp³-hybridized carbons (Fsp3) is 0.180. The number of rotatable bonds is 9. The highest BCUT2D eigenvalue weighted by Crippen LogP contribution is 2.37. The van der Waals surface area contributed by atoms with E-state index in [9.17, 15) is 0 Å². The number of allylic oxidation sites excluding steroid dienone is 4. The zero-order valence-corrected chi connectivity index (χ0v) is 31.6. The minimum absolute atomic E-state index is 0.0627. The number of nitrogens with one attached hydrogen (secondary N) is 1. The topological polar surface area (TPSA) is 27.1 Å². The molecule has 260 valence electrons. The van der Waals surface area contributed by atoms with Crippen molar-refractivity contribution in [1.29, 1.82) is 5.41 Å². The minimum Gasteiger partial charge on any atom is -0.311 e. The van der Waals surface area contributed by atoms with Gasteiger partial charge in [0.1, 0.15) is 0 Å². The first-order valence-corrected chi connectivity index (χ1v) is 18.2. The highest BCUT2D eigenvalue weighted by Gasteiger charge is 2.21. The molecule has 0 saturated heterocycles. The normalized spacial score (nSPS) is 12.2. The molecule has 0 unspecified atom stereocenters. The summed E-state index contributed by atoms with van der Waals surface area (Å²) in [4.78, 5) is 2.27. The predicted molar refractivity (Wildman–Crippen MR) is 225 cm³/mol. The van der Waals surface area contributed by atoms with Gasteiger partial charge in [-0.15, -0.1) is 0 Å². The van der Waals surface area contributed by atoms with Crippen LogP contribution in [0.3, 0.4) is 0 Å². The first-order valence-electron chi connectivity index (χ1n) is 18.2. The van der Waals surface area contributed by atoms with Crippen LogP contribution in [0.5, 0.6) is 0 Å². The van der Waals surface area contributed by atoms with Gasteiger partial charge in [0.15, 0.2) is 0 Å². The first-order chi connectivity index (χ1) is 24.9. The molecule has 0 fully saturated rings. The van der Waals surface area contributed by atoms with Crippen molar-refractivity contribution < 1.29 is 0 Å². The van der Waals surface area contributed by atoms with Gasteiger partial charge in [-0.05, 0) is 110 Å². The molecule has 6 aromatic carbocycles. The largest absolute Gasteiger partial charge is 0.311 e.